The first-order valence-electron chi connectivity index (χ1n) is 13.2. The van der Waals surface area contributed by atoms with Gasteiger partial charge in [0.25, 0.3) is 0 Å². The average molecular weight is 566 g/mol. The number of hydrogen-bond acceptors (Lipinski definition) is 6. The van der Waals surface area contributed by atoms with E-state index in [-0.39, 0.29) is 5.82 Å². The summed E-state index contributed by atoms with van der Waals surface area (Å²) >= 11 is 12.7. The lowest BCUT2D eigenvalue weighted by atomic mass is 9.91. The van der Waals surface area contributed by atoms with Crippen molar-refractivity contribution in [1.29, 1.82) is 0 Å². The monoisotopic (exact) mass is 564 g/mol. The van der Waals surface area contributed by atoms with Crippen molar-refractivity contribution in [3.63, 3.8) is 0 Å². The van der Waals surface area contributed by atoms with Crippen LogP contribution in [-0.4, -0.2) is 27.0 Å². The lowest BCUT2D eigenvalue weighted by Crippen LogP contribution is -2.32. The van der Waals surface area contributed by atoms with E-state index < -0.39 is 0 Å². The summed E-state index contributed by atoms with van der Waals surface area (Å²) in [6.07, 6.45) is 8.06. The number of rotatable bonds is 9. The predicted octanol–water partition coefficient (Wildman–Crippen LogP) is 7.99. The Bertz CT molecular complexity index is 1420. The van der Waals surface area contributed by atoms with Crippen LogP contribution in [0.25, 0.3) is 11.1 Å². The average Bonchev–Trinajstić information content (AvgIpc) is 2.94. The number of nitrogens with zero attached hydrogens (tertiary/aromatic N) is 3. The Morgan fingerprint density at radius 2 is 1.56 bits per heavy atom. The van der Waals surface area contributed by atoms with E-state index in [1.54, 1.807) is 24.4 Å². The summed E-state index contributed by atoms with van der Waals surface area (Å²) in [7, 11) is 0. The molecule has 1 aliphatic rings. The van der Waals surface area contributed by atoms with Gasteiger partial charge in [-0.3, -0.25) is 0 Å². The van der Waals surface area contributed by atoms with E-state index in [1.807, 2.05) is 18.2 Å². The highest BCUT2D eigenvalue weighted by atomic mass is 35.5. The second-order valence-corrected chi connectivity index (χ2v) is 10.6. The number of anilines is 3. The van der Waals surface area contributed by atoms with Gasteiger partial charge in [-0.05, 0) is 73.1 Å². The van der Waals surface area contributed by atoms with E-state index in [4.69, 9.17) is 23.2 Å². The van der Waals surface area contributed by atoms with Gasteiger partial charge >= 0.3 is 0 Å². The Kier molecular flexibility index (Phi) is 8.79. The number of hydrogen-bond donors (Lipinski definition) is 3. The van der Waals surface area contributed by atoms with Crippen LogP contribution in [0.1, 0.15) is 43.7 Å². The molecule has 2 aromatic carbocycles. The number of halogens is 3. The zero-order chi connectivity index (χ0) is 27.2. The molecule has 202 valence electrons. The standard InChI is InChI=1S/C30H31Cl2FN6/c1-2-23-24(7-4-8-27(23)34-16-19-5-3-6-20(33)13-19)25-14-29(35-17-26(25)31)38-21-9-11-22(12-10-21)39-30-15-28(32)36-18-37-30/h3-8,13-15,17-18,21-22,34H,2,9-12,16H2,1H3,(H,35,38)(H,36,37,39). The molecule has 0 spiro atoms. The first-order chi connectivity index (χ1) is 19.0. The van der Waals surface area contributed by atoms with E-state index in [1.165, 1.54) is 12.4 Å². The fourth-order valence-electron chi connectivity index (χ4n) is 5.17. The maximum absolute atomic E-state index is 13.6. The van der Waals surface area contributed by atoms with Crippen LogP contribution in [0, 0.1) is 5.82 Å². The van der Waals surface area contributed by atoms with Gasteiger partial charge in [-0.15, -0.1) is 0 Å². The van der Waals surface area contributed by atoms with Crippen LogP contribution in [0.15, 0.2) is 67.1 Å². The minimum Gasteiger partial charge on any atom is -0.381 e. The second kappa shape index (κ2) is 12.6. The van der Waals surface area contributed by atoms with Crippen molar-refractivity contribution in [2.75, 3.05) is 16.0 Å². The lowest BCUT2D eigenvalue weighted by Gasteiger charge is -2.30. The van der Waals surface area contributed by atoms with Crippen molar-refractivity contribution in [1.82, 2.24) is 15.0 Å². The first-order valence-corrected chi connectivity index (χ1v) is 14.0. The van der Waals surface area contributed by atoms with Crippen molar-refractivity contribution in [3.05, 3.63) is 94.2 Å². The van der Waals surface area contributed by atoms with Gasteiger partial charge in [-0.25, -0.2) is 19.3 Å². The normalized spacial score (nSPS) is 17.0. The Morgan fingerprint density at radius 1 is 0.846 bits per heavy atom. The molecule has 1 aliphatic carbocycles. The van der Waals surface area contributed by atoms with Crippen LogP contribution in [0.3, 0.4) is 0 Å². The van der Waals surface area contributed by atoms with Gasteiger partial charge in [0.1, 0.15) is 28.9 Å². The van der Waals surface area contributed by atoms with Crippen LogP contribution in [0.4, 0.5) is 21.7 Å². The highest BCUT2D eigenvalue weighted by Gasteiger charge is 2.22. The second-order valence-electron chi connectivity index (χ2n) is 9.78. The van der Waals surface area contributed by atoms with Gasteiger partial charge < -0.3 is 16.0 Å². The molecule has 6 nitrogen and oxygen atoms in total. The van der Waals surface area contributed by atoms with Crippen molar-refractivity contribution < 1.29 is 4.39 Å². The first kappa shape index (κ1) is 27.2. The van der Waals surface area contributed by atoms with Crippen LogP contribution in [-0.2, 0) is 13.0 Å². The van der Waals surface area contributed by atoms with E-state index in [2.05, 4.69) is 50.0 Å². The maximum Gasteiger partial charge on any atom is 0.134 e. The third-order valence-electron chi connectivity index (χ3n) is 7.11. The van der Waals surface area contributed by atoms with Crippen LogP contribution >= 0.6 is 23.2 Å². The molecule has 9 heteroatoms. The smallest absolute Gasteiger partial charge is 0.134 e. The molecule has 0 aliphatic heterocycles. The Morgan fingerprint density at radius 3 is 2.26 bits per heavy atom. The molecule has 0 atom stereocenters. The topological polar surface area (TPSA) is 74.8 Å². The predicted molar refractivity (Wildman–Crippen MR) is 158 cm³/mol. The molecular weight excluding hydrogens is 534 g/mol. The van der Waals surface area contributed by atoms with Gasteiger partial charge in [-0.2, -0.15) is 0 Å². The molecule has 1 saturated carbocycles. The molecule has 0 radical (unpaired) electrons. The van der Waals surface area contributed by atoms with Gasteiger partial charge in [-0.1, -0.05) is 54.4 Å². The molecule has 0 bridgehead atoms. The maximum atomic E-state index is 13.6. The molecule has 3 N–H and O–H groups in total. The fourth-order valence-corrected chi connectivity index (χ4v) is 5.52. The highest BCUT2D eigenvalue weighted by molar-refractivity contribution is 6.33. The molecule has 2 heterocycles. The molecule has 39 heavy (non-hydrogen) atoms. The molecule has 2 aromatic heterocycles. The van der Waals surface area contributed by atoms with Crippen molar-refractivity contribution >= 4 is 40.5 Å². The molecular formula is C30H31Cl2FN6. The summed E-state index contributed by atoms with van der Waals surface area (Å²) in [6, 6.07) is 17.3. The van der Waals surface area contributed by atoms with E-state index in [0.29, 0.717) is 28.8 Å². The Balaban J connectivity index is 1.26. The van der Waals surface area contributed by atoms with Crippen molar-refractivity contribution in [2.24, 2.45) is 0 Å². The third kappa shape index (κ3) is 6.97. The van der Waals surface area contributed by atoms with Crippen molar-refractivity contribution in [3.8, 4) is 11.1 Å². The third-order valence-corrected chi connectivity index (χ3v) is 7.62. The van der Waals surface area contributed by atoms with Gasteiger partial charge in [0.05, 0.1) is 5.02 Å². The summed E-state index contributed by atoms with van der Waals surface area (Å²) in [4.78, 5) is 12.8. The SMILES string of the molecule is CCc1c(NCc2cccc(F)c2)cccc1-c1cc(NC2CCC(Nc3cc(Cl)ncn3)CC2)ncc1Cl. The number of pyridine rings is 1. The summed E-state index contributed by atoms with van der Waals surface area (Å²) in [5, 5.41) is 11.6. The minimum absolute atomic E-state index is 0.234. The largest absolute Gasteiger partial charge is 0.381 e. The lowest BCUT2D eigenvalue weighted by molar-refractivity contribution is 0.427. The zero-order valence-electron chi connectivity index (χ0n) is 21.7. The summed E-state index contributed by atoms with van der Waals surface area (Å²) in [5.74, 6) is 1.34. The summed E-state index contributed by atoms with van der Waals surface area (Å²) in [5.41, 5.74) is 5.06. The highest BCUT2D eigenvalue weighted by Crippen LogP contribution is 2.36. The molecule has 0 unspecified atom stereocenters. The quantitative estimate of drug-likeness (QED) is 0.179. The van der Waals surface area contributed by atoms with Crippen LogP contribution < -0.4 is 16.0 Å². The molecule has 4 aromatic rings. The fraction of sp³-hybridized carbons (Fsp3) is 0.300. The van der Waals surface area contributed by atoms with Crippen LogP contribution in [0.5, 0.6) is 0 Å². The number of aromatic nitrogens is 3. The number of benzene rings is 2. The molecule has 0 saturated heterocycles. The summed E-state index contributed by atoms with van der Waals surface area (Å²) < 4.78 is 13.6. The van der Waals surface area contributed by atoms with E-state index in [9.17, 15) is 4.39 Å². The van der Waals surface area contributed by atoms with Crippen molar-refractivity contribution in [2.45, 2.75) is 57.7 Å². The van der Waals surface area contributed by atoms with Crippen LogP contribution in [0.2, 0.25) is 10.2 Å². The van der Waals surface area contributed by atoms with Gasteiger partial charge in [0, 0.05) is 42.1 Å². The molecule has 1 fully saturated rings. The zero-order valence-corrected chi connectivity index (χ0v) is 23.2. The molecule has 0 amide bonds. The van der Waals surface area contributed by atoms with E-state index >= 15 is 0 Å². The number of nitrogens with one attached hydrogen (secondary N) is 3. The van der Waals surface area contributed by atoms with Gasteiger partial charge in [0.2, 0.25) is 0 Å². The van der Waals surface area contributed by atoms with E-state index in [0.717, 1.165) is 71.7 Å². The van der Waals surface area contributed by atoms with Gasteiger partial charge in [0.15, 0.2) is 0 Å². The Labute approximate surface area is 238 Å². The Hall–Kier alpha value is -3.42. The minimum atomic E-state index is -0.234. The molecule has 5 rings (SSSR count). The summed E-state index contributed by atoms with van der Waals surface area (Å²) in [6.45, 7) is 2.66.